The van der Waals surface area contributed by atoms with Crippen LogP contribution in [0.3, 0.4) is 0 Å². The second kappa shape index (κ2) is 5.99. The molecule has 3 heterocycles. The number of hydrogen-bond acceptors (Lipinski definition) is 4. The molecule has 0 radical (unpaired) electrons. The SMILES string of the molecule is Cc1cc(NC(=O)N2CCC(c3nc4ccccc4[nH]3)CC2)on1. The molecule has 1 aromatic carbocycles. The monoisotopic (exact) mass is 325 g/mol. The van der Waals surface area contributed by atoms with E-state index in [2.05, 4.69) is 20.4 Å². The molecule has 4 rings (SSSR count). The largest absolute Gasteiger partial charge is 0.342 e. The third-order valence-electron chi connectivity index (χ3n) is 4.43. The van der Waals surface area contributed by atoms with E-state index in [0.717, 1.165) is 35.4 Å². The van der Waals surface area contributed by atoms with Crippen molar-refractivity contribution in [2.24, 2.45) is 0 Å². The van der Waals surface area contributed by atoms with Crippen LogP contribution >= 0.6 is 0 Å². The summed E-state index contributed by atoms with van der Waals surface area (Å²) in [7, 11) is 0. The van der Waals surface area contributed by atoms with E-state index in [1.54, 1.807) is 11.0 Å². The minimum Gasteiger partial charge on any atom is -0.342 e. The van der Waals surface area contributed by atoms with E-state index >= 15 is 0 Å². The molecule has 24 heavy (non-hydrogen) atoms. The summed E-state index contributed by atoms with van der Waals surface area (Å²) in [6, 6.07) is 9.60. The van der Waals surface area contributed by atoms with Gasteiger partial charge in [0.2, 0.25) is 5.88 Å². The van der Waals surface area contributed by atoms with Crippen LogP contribution in [0.15, 0.2) is 34.9 Å². The first-order valence-electron chi connectivity index (χ1n) is 8.13. The smallest absolute Gasteiger partial charge is 0.324 e. The van der Waals surface area contributed by atoms with E-state index < -0.39 is 0 Å². The van der Waals surface area contributed by atoms with Gasteiger partial charge in [-0.1, -0.05) is 17.3 Å². The lowest BCUT2D eigenvalue weighted by molar-refractivity contribution is 0.193. The first-order chi connectivity index (χ1) is 11.7. The Morgan fingerprint density at radius 1 is 1.33 bits per heavy atom. The van der Waals surface area contributed by atoms with E-state index in [4.69, 9.17) is 4.52 Å². The average Bonchev–Trinajstić information content (AvgIpc) is 3.21. The van der Waals surface area contributed by atoms with Gasteiger partial charge in [-0.25, -0.2) is 9.78 Å². The number of aromatic amines is 1. The van der Waals surface area contributed by atoms with Crippen LogP contribution < -0.4 is 5.32 Å². The molecule has 2 aromatic heterocycles. The van der Waals surface area contributed by atoms with Crippen molar-refractivity contribution in [3.63, 3.8) is 0 Å². The molecule has 1 fully saturated rings. The van der Waals surface area contributed by atoms with E-state index in [1.165, 1.54) is 0 Å². The zero-order valence-electron chi connectivity index (χ0n) is 13.5. The Morgan fingerprint density at radius 2 is 2.12 bits per heavy atom. The number of nitrogens with one attached hydrogen (secondary N) is 2. The van der Waals surface area contributed by atoms with Gasteiger partial charge in [-0.05, 0) is 31.9 Å². The van der Waals surface area contributed by atoms with Crippen molar-refractivity contribution in [1.29, 1.82) is 0 Å². The third-order valence-corrected chi connectivity index (χ3v) is 4.43. The van der Waals surface area contributed by atoms with Gasteiger partial charge in [0, 0.05) is 25.1 Å². The fraction of sp³-hybridized carbons (Fsp3) is 0.353. The molecule has 0 saturated carbocycles. The number of aromatic nitrogens is 3. The van der Waals surface area contributed by atoms with Gasteiger partial charge in [-0.15, -0.1) is 0 Å². The molecule has 1 aliphatic heterocycles. The summed E-state index contributed by atoms with van der Waals surface area (Å²) in [6.07, 6.45) is 1.78. The second-order valence-corrected chi connectivity index (χ2v) is 6.16. The second-order valence-electron chi connectivity index (χ2n) is 6.16. The number of hydrogen-bond donors (Lipinski definition) is 2. The highest BCUT2D eigenvalue weighted by Crippen LogP contribution is 2.28. The molecule has 124 valence electrons. The Bertz CT molecular complexity index is 828. The van der Waals surface area contributed by atoms with Gasteiger partial charge in [0.1, 0.15) is 5.82 Å². The highest BCUT2D eigenvalue weighted by molar-refractivity contribution is 5.88. The lowest BCUT2D eigenvalue weighted by atomic mass is 9.96. The minimum absolute atomic E-state index is 0.144. The summed E-state index contributed by atoms with van der Waals surface area (Å²) < 4.78 is 5.03. The minimum atomic E-state index is -0.144. The van der Waals surface area contributed by atoms with Gasteiger partial charge in [-0.2, -0.15) is 0 Å². The number of likely N-dealkylation sites (tertiary alicyclic amines) is 1. The maximum absolute atomic E-state index is 12.3. The van der Waals surface area contributed by atoms with E-state index in [-0.39, 0.29) is 6.03 Å². The maximum Gasteiger partial charge on any atom is 0.324 e. The Labute approximate surface area is 139 Å². The van der Waals surface area contributed by atoms with Crippen LogP contribution in [0.2, 0.25) is 0 Å². The van der Waals surface area contributed by atoms with Crippen LogP contribution in [0, 0.1) is 6.92 Å². The number of carbonyl (C=O) groups excluding carboxylic acids is 1. The molecule has 7 nitrogen and oxygen atoms in total. The lowest BCUT2D eigenvalue weighted by Gasteiger charge is -2.30. The summed E-state index contributed by atoms with van der Waals surface area (Å²) in [5, 5.41) is 6.51. The van der Waals surface area contributed by atoms with E-state index in [9.17, 15) is 4.79 Å². The van der Waals surface area contributed by atoms with Crippen LogP contribution in [0.4, 0.5) is 10.7 Å². The summed E-state index contributed by atoms with van der Waals surface area (Å²) in [4.78, 5) is 22.1. The first kappa shape index (κ1) is 14.7. The molecule has 1 saturated heterocycles. The summed E-state index contributed by atoms with van der Waals surface area (Å²) in [5.41, 5.74) is 2.80. The number of H-pyrrole nitrogens is 1. The molecule has 7 heteroatoms. The molecule has 0 bridgehead atoms. The predicted octanol–water partition coefficient (Wildman–Crippen LogP) is 3.27. The molecule has 0 aliphatic carbocycles. The van der Waals surface area contributed by atoms with Gasteiger partial charge in [0.15, 0.2) is 0 Å². The van der Waals surface area contributed by atoms with Crippen LogP contribution in [0.5, 0.6) is 0 Å². The number of benzene rings is 1. The van der Waals surface area contributed by atoms with Gasteiger partial charge in [-0.3, -0.25) is 5.32 Å². The van der Waals surface area contributed by atoms with Crippen molar-refractivity contribution < 1.29 is 9.32 Å². The lowest BCUT2D eigenvalue weighted by Crippen LogP contribution is -2.40. The number of amides is 2. The molecule has 2 amide bonds. The molecule has 3 aromatic rings. The number of urea groups is 1. The third kappa shape index (κ3) is 2.84. The van der Waals surface area contributed by atoms with Gasteiger partial charge in [0.25, 0.3) is 0 Å². The van der Waals surface area contributed by atoms with Gasteiger partial charge < -0.3 is 14.4 Å². The van der Waals surface area contributed by atoms with Crippen molar-refractivity contribution in [3.8, 4) is 0 Å². The normalized spacial score (nSPS) is 15.8. The van der Waals surface area contributed by atoms with Crippen molar-refractivity contribution in [1.82, 2.24) is 20.0 Å². The summed E-state index contributed by atoms with van der Waals surface area (Å²) >= 11 is 0. The number of anilines is 1. The number of nitrogens with zero attached hydrogens (tertiary/aromatic N) is 3. The van der Waals surface area contributed by atoms with Crippen LogP contribution in [-0.4, -0.2) is 39.1 Å². The maximum atomic E-state index is 12.3. The molecule has 0 spiro atoms. The van der Waals surface area contributed by atoms with Crippen molar-refractivity contribution in [3.05, 3.63) is 41.9 Å². The van der Waals surface area contributed by atoms with Crippen LogP contribution in [-0.2, 0) is 0 Å². The number of carbonyl (C=O) groups is 1. The van der Waals surface area contributed by atoms with E-state index in [0.29, 0.717) is 24.9 Å². The highest BCUT2D eigenvalue weighted by Gasteiger charge is 2.26. The number of para-hydroxylation sites is 2. The van der Waals surface area contributed by atoms with Crippen LogP contribution in [0.25, 0.3) is 11.0 Å². The van der Waals surface area contributed by atoms with Gasteiger partial charge in [0.05, 0.1) is 16.7 Å². The van der Waals surface area contributed by atoms with Crippen molar-refractivity contribution in [2.45, 2.75) is 25.7 Å². The fourth-order valence-electron chi connectivity index (χ4n) is 3.13. The fourth-order valence-corrected chi connectivity index (χ4v) is 3.13. The topological polar surface area (TPSA) is 87.0 Å². The van der Waals surface area contributed by atoms with Gasteiger partial charge >= 0.3 is 6.03 Å². The Balaban J connectivity index is 1.38. The number of piperidine rings is 1. The average molecular weight is 325 g/mol. The predicted molar refractivity (Wildman–Crippen MR) is 89.9 cm³/mol. The Morgan fingerprint density at radius 3 is 2.83 bits per heavy atom. The Kier molecular flexibility index (Phi) is 3.68. The molecule has 0 unspecified atom stereocenters. The number of aryl methyl sites for hydroxylation is 1. The number of imidazole rings is 1. The van der Waals surface area contributed by atoms with Crippen molar-refractivity contribution in [2.75, 3.05) is 18.4 Å². The van der Waals surface area contributed by atoms with E-state index in [1.807, 2.05) is 31.2 Å². The van der Waals surface area contributed by atoms with Crippen molar-refractivity contribution >= 4 is 22.9 Å². The molecule has 0 atom stereocenters. The molecular formula is C17H19N5O2. The highest BCUT2D eigenvalue weighted by atomic mass is 16.5. The standard InChI is InChI=1S/C17H19N5O2/c1-11-10-15(24-21-11)20-17(23)22-8-6-12(7-9-22)16-18-13-4-2-3-5-14(13)19-16/h2-5,10,12H,6-9H2,1H3,(H,18,19)(H,20,23). The Hall–Kier alpha value is -2.83. The quantitative estimate of drug-likeness (QED) is 0.757. The summed E-state index contributed by atoms with van der Waals surface area (Å²) in [6.45, 7) is 3.21. The molecule has 1 aliphatic rings. The molecule has 2 N–H and O–H groups in total. The zero-order valence-corrected chi connectivity index (χ0v) is 13.5. The molecular weight excluding hydrogens is 306 g/mol. The first-order valence-corrected chi connectivity index (χ1v) is 8.13. The zero-order chi connectivity index (χ0) is 16.5. The van der Waals surface area contributed by atoms with Crippen LogP contribution in [0.1, 0.15) is 30.3 Å². The summed E-state index contributed by atoms with van der Waals surface area (Å²) in [5.74, 6) is 1.76. The number of fused-ring (bicyclic) bond motifs is 1. The number of rotatable bonds is 2.